The van der Waals surface area contributed by atoms with E-state index in [1.807, 2.05) is 55.5 Å². The Morgan fingerprint density at radius 3 is 2.81 bits per heavy atom. The molecule has 0 radical (unpaired) electrons. The van der Waals surface area contributed by atoms with Gasteiger partial charge in [-0.3, -0.25) is 4.79 Å². The lowest BCUT2D eigenvalue weighted by Gasteiger charge is -2.03. The Kier molecular flexibility index (Phi) is 3.69. The predicted octanol–water partition coefficient (Wildman–Crippen LogP) is 3.00. The number of carbonyl (C=O) groups is 1. The minimum Gasteiger partial charge on any atom is -0.440 e. The van der Waals surface area contributed by atoms with E-state index in [2.05, 4.69) is 10.3 Å². The van der Waals surface area contributed by atoms with E-state index in [1.165, 1.54) is 0 Å². The Labute approximate surface area is 122 Å². The molecule has 0 aliphatic rings. The molecule has 1 N–H and O–H groups in total. The van der Waals surface area contributed by atoms with E-state index in [9.17, 15) is 4.79 Å². The molecule has 0 aliphatic carbocycles. The number of amides is 1. The summed E-state index contributed by atoms with van der Waals surface area (Å²) in [6, 6.07) is 15.6. The zero-order chi connectivity index (χ0) is 14.7. The lowest BCUT2D eigenvalue weighted by atomic mass is 10.2. The van der Waals surface area contributed by atoms with Crippen LogP contribution in [0.1, 0.15) is 17.0 Å². The van der Waals surface area contributed by atoms with Crippen LogP contribution in [0.5, 0.6) is 0 Å². The van der Waals surface area contributed by atoms with Crippen molar-refractivity contribution in [1.82, 2.24) is 10.3 Å². The second-order valence-electron chi connectivity index (χ2n) is 5.02. The highest BCUT2D eigenvalue weighted by Crippen LogP contribution is 2.17. The summed E-state index contributed by atoms with van der Waals surface area (Å²) >= 11 is 0. The molecule has 0 saturated heterocycles. The summed E-state index contributed by atoms with van der Waals surface area (Å²) in [4.78, 5) is 16.3. The number of fused-ring (bicyclic) bond motifs is 1. The van der Waals surface area contributed by atoms with Gasteiger partial charge in [-0.15, -0.1) is 0 Å². The monoisotopic (exact) mass is 280 g/mol. The first-order valence-electron chi connectivity index (χ1n) is 6.87. The number of hydrogen-bond acceptors (Lipinski definition) is 3. The molecule has 4 nitrogen and oxygen atoms in total. The van der Waals surface area contributed by atoms with Crippen LogP contribution in [0, 0.1) is 6.92 Å². The van der Waals surface area contributed by atoms with Crippen LogP contribution in [-0.2, 0) is 17.8 Å². The summed E-state index contributed by atoms with van der Waals surface area (Å²) in [5.41, 5.74) is 3.70. The normalized spacial score (nSPS) is 10.7. The highest BCUT2D eigenvalue weighted by molar-refractivity contribution is 5.79. The van der Waals surface area contributed by atoms with Gasteiger partial charge in [0.2, 0.25) is 11.8 Å². The fourth-order valence-electron chi connectivity index (χ4n) is 2.16. The van der Waals surface area contributed by atoms with Crippen molar-refractivity contribution in [1.29, 1.82) is 0 Å². The molecule has 1 heterocycles. The predicted molar refractivity (Wildman–Crippen MR) is 80.7 cm³/mol. The van der Waals surface area contributed by atoms with Crippen molar-refractivity contribution in [3.8, 4) is 0 Å². The molecule has 0 bridgehead atoms. The second-order valence-corrected chi connectivity index (χ2v) is 5.02. The highest BCUT2D eigenvalue weighted by Gasteiger charge is 2.10. The molecular formula is C17H16N2O2. The first-order chi connectivity index (χ1) is 10.2. The molecule has 3 aromatic rings. The standard InChI is InChI=1S/C17H16N2O2/c1-12-7-8-15-14(9-12)19-17(21-15)10-16(20)18-11-13-5-3-2-4-6-13/h2-9H,10-11H2,1H3,(H,18,20). The molecule has 4 heteroatoms. The molecule has 106 valence electrons. The quantitative estimate of drug-likeness (QED) is 0.799. The van der Waals surface area contributed by atoms with E-state index in [1.54, 1.807) is 0 Å². The number of aryl methyl sites for hydroxylation is 1. The van der Waals surface area contributed by atoms with Crippen LogP contribution in [-0.4, -0.2) is 10.9 Å². The minimum atomic E-state index is -0.0952. The van der Waals surface area contributed by atoms with Crippen molar-refractivity contribution in [3.63, 3.8) is 0 Å². The summed E-state index contributed by atoms with van der Waals surface area (Å²) in [6.07, 6.45) is 0.153. The Bertz CT molecular complexity index is 763. The van der Waals surface area contributed by atoms with Gasteiger partial charge in [0.05, 0.1) is 0 Å². The maximum Gasteiger partial charge on any atom is 0.229 e. The van der Waals surface area contributed by atoms with Gasteiger partial charge in [0.1, 0.15) is 11.9 Å². The highest BCUT2D eigenvalue weighted by atomic mass is 16.3. The van der Waals surface area contributed by atoms with Gasteiger partial charge >= 0.3 is 0 Å². The van der Waals surface area contributed by atoms with Crippen molar-refractivity contribution >= 4 is 17.0 Å². The largest absolute Gasteiger partial charge is 0.440 e. The first kappa shape index (κ1) is 13.4. The SMILES string of the molecule is Cc1ccc2oc(CC(=O)NCc3ccccc3)nc2c1. The summed E-state index contributed by atoms with van der Waals surface area (Å²) in [5, 5.41) is 2.86. The first-order valence-corrected chi connectivity index (χ1v) is 6.87. The summed E-state index contributed by atoms with van der Waals surface area (Å²) in [7, 11) is 0. The topological polar surface area (TPSA) is 55.1 Å². The molecule has 1 aromatic heterocycles. The van der Waals surface area contributed by atoms with Crippen molar-refractivity contribution in [2.24, 2.45) is 0 Å². The van der Waals surface area contributed by atoms with Crippen LogP contribution in [0.15, 0.2) is 52.9 Å². The zero-order valence-corrected chi connectivity index (χ0v) is 11.8. The van der Waals surface area contributed by atoms with Crippen molar-refractivity contribution in [3.05, 3.63) is 65.5 Å². The van der Waals surface area contributed by atoms with Gasteiger partial charge < -0.3 is 9.73 Å². The Hall–Kier alpha value is -2.62. The molecule has 1 amide bonds. The van der Waals surface area contributed by atoms with Gasteiger partial charge in [-0.2, -0.15) is 0 Å². The number of rotatable bonds is 4. The summed E-state index contributed by atoms with van der Waals surface area (Å²) in [5.74, 6) is 0.350. The van der Waals surface area contributed by atoms with E-state index >= 15 is 0 Å². The number of benzene rings is 2. The van der Waals surface area contributed by atoms with E-state index < -0.39 is 0 Å². The lowest BCUT2D eigenvalue weighted by Crippen LogP contribution is -2.24. The van der Waals surface area contributed by atoms with Gasteiger partial charge in [-0.05, 0) is 30.2 Å². The number of carbonyl (C=O) groups excluding carboxylic acids is 1. The summed E-state index contributed by atoms with van der Waals surface area (Å²) in [6.45, 7) is 2.51. The molecule has 0 aliphatic heterocycles. The van der Waals surface area contributed by atoms with Gasteiger partial charge in [-0.25, -0.2) is 4.98 Å². The van der Waals surface area contributed by atoms with Crippen molar-refractivity contribution < 1.29 is 9.21 Å². The number of oxazole rings is 1. The molecule has 2 aromatic carbocycles. The van der Waals surface area contributed by atoms with Crippen molar-refractivity contribution in [2.45, 2.75) is 19.9 Å². The average Bonchev–Trinajstić information content (AvgIpc) is 2.87. The fraction of sp³-hybridized carbons (Fsp3) is 0.176. The van der Waals surface area contributed by atoms with E-state index in [4.69, 9.17) is 4.42 Å². The lowest BCUT2D eigenvalue weighted by molar-refractivity contribution is -0.120. The number of nitrogens with zero attached hydrogens (tertiary/aromatic N) is 1. The summed E-state index contributed by atoms with van der Waals surface area (Å²) < 4.78 is 5.57. The molecule has 21 heavy (non-hydrogen) atoms. The molecular weight excluding hydrogens is 264 g/mol. The van der Waals surface area contributed by atoms with Crippen LogP contribution in [0.2, 0.25) is 0 Å². The third-order valence-electron chi connectivity index (χ3n) is 3.23. The van der Waals surface area contributed by atoms with Crippen LogP contribution >= 0.6 is 0 Å². The van der Waals surface area contributed by atoms with E-state index in [0.29, 0.717) is 18.0 Å². The zero-order valence-electron chi connectivity index (χ0n) is 11.8. The molecule has 0 unspecified atom stereocenters. The van der Waals surface area contributed by atoms with Crippen molar-refractivity contribution in [2.75, 3.05) is 0 Å². The average molecular weight is 280 g/mol. The Morgan fingerprint density at radius 2 is 2.00 bits per heavy atom. The Balaban J connectivity index is 1.63. The third-order valence-corrected chi connectivity index (χ3v) is 3.23. The van der Waals surface area contributed by atoms with Gasteiger partial charge in [-0.1, -0.05) is 36.4 Å². The third kappa shape index (κ3) is 3.28. The number of hydrogen-bond donors (Lipinski definition) is 1. The number of aromatic nitrogens is 1. The second kappa shape index (κ2) is 5.79. The molecule has 0 fully saturated rings. The smallest absolute Gasteiger partial charge is 0.229 e. The van der Waals surface area contributed by atoms with Crippen LogP contribution in [0.3, 0.4) is 0 Å². The Morgan fingerprint density at radius 1 is 1.19 bits per heavy atom. The molecule has 0 atom stereocenters. The van der Waals surface area contributed by atoms with E-state index in [-0.39, 0.29) is 12.3 Å². The molecule has 0 spiro atoms. The maximum atomic E-state index is 11.9. The maximum absolute atomic E-state index is 11.9. The fourth-order valence-corrected chi connectivity index (χ4v) is 2.16. The van der Waals surface area contributed by atoms with Crippen LogP contribution < -0.4 is 5.32 Å². The van der Waals surface area contributed by atoms with Gasteiger partial charge in [0.25, 0.3) is 0 Å². The number of nitrogens with one attached hydrogen (secondary N) is 1. The van der Waals surface area contributed by atoms with E-state index in [0.717, 1.165) is 16.6 Å². The van der Waals surface area contributed by atoms with Crippen LogP contribution in [0.4, 0.5) is 0 Å². The minimum absolute atomic E-state index is 0.0952. The van der Waals surface area contributed by atoms with Crippen LogP contribution in [0.25, 0.3) is 11.1 Å². The van der Waals surface area contributed by atoms with Gasteiger partial charge in [0, 0.05) is 6.54 Å². The molecule has 0 saturated carbocycles. The molecule has 3 rings (SSSR count). The van der Waals surface area contributed by atoms with Gasteiger partial charge in [0.15, 0.2) is 5.58 Å².